The Morgan fingerprint density at radius 3 is 2.90 bits per heavy atom. The molecule has 4 nitrogen and oxygen atoms in total. The minimum Gasteiger partial charge on any atom is -0.461 e. The highest BCUT2D eigenvalue weighted by molar-refractivity contribution is 5.76. The van der Waals surface area contributed by atoms with Crippen LogP contribution in [0, 0.1) is 24.2 Å². The number of furan rings is 1. The molecule has 108 valence electrons. The van der Waals surface area contributed by atoms with Crippen LogP contribution in [0.3, 0.4) is 0 Å². The molecule has 2 N–H and O–H groups in total. The molecule has 0 radical (unpaired) electrons. The molecule has 0 aliphatic heterocycles. The standard InChI is InChI=1S/C17H19N3O/c1-3-11-5-6-14-12(8-11)16(13(9-18)17(19)20-14)15-7-4-10(2)21-15/h4,7,11H,3,5-6,8H2,1-2H3,(H2,19,20). The molecule has 2 aromatic rings. The first-order valence-electron chi connectivity index (χ1n) is 7.42. The van der Waals surface area contributed by atoms with Crippen molar-refractivity contribution in [3.05, 3.63) is 34.7 Å². The van der Waals surface area contributed by atoms with Crippen molar-refractivity contribution in [1.82, 2.24) is 4.98 Å². The van der Waals surface area contributed by atoms with Crippen LogP contribution < -0.4 is 5.73 Å². The summed E-state index contributed by atoms with van der Waals surface area (Å²) in [5.41, 5.74) is 9.46. The number of aryl methyl sites for hydroxylation is 2. The molecule has 1 atom stereocenters. The number of rotatable bonds is 2. The summed E-state index contributed by atoms with van der Waals surface area (Å²) in [5.74, 6) is 2.52. The van der Waals surface area contributed by atoms with E-state index < -0.39 is 0 Å². The van der Waals surface area contributed by atoms with E-state index in [0.717, 1.165) is 54.0 Å². The Morgan fingerprint density at radius 2 is 2.29 bits per heavy atom. The van der Waals surface area contributed by atoms with Gasteiger partial charge < -0.3 is 10.2 Å². The summed E-state index contributed by atoms with van der Waals surface area (Å²) >= 11 is 0. The molecule has 21 heavy (non-hydrogen) atoms. The number of nitrogen functional groups attached to an aromatic ring is 1. The van der Waals surface area contributed by atoms with Crippen LogP contribution in [0.2, 0.25) is 0 Å². The van der Waals surface area contributed by atoms with Crippen LogP contribution in [0.5, 0.6) is 0 Å². The molecule has 0 spiro atoms. The van der Waals surface area contributed by atoms with E-state index >= 15 is 0 Å². The van der Waals surface area contributed by atoms with Crippen LogP contribution in [0.1, 0.15) is 42.3 Å². The van der Waals surface area contributed by atoms with Gasteiger partial charge in [-0.05, 0) is 49.8 Å². The van der Waals surface area contributed by atoms with Gasteiger partial charge in [-0.15, -0.1) is 0 Å². The summed E-state index contributed by atoms with van der Waals surface area (Å²) in [4.78, 5) is 4.46. The Labute approximate surface area is 124 Å². The Bertz CT molecular complexity index is 724. The molecule has 0 bridgehead atoms. The summed E-state index contributed by atoms with van der Waals surface area (Å²) in [6.45, 7) is 4.11. The number of pyridine rings is 1. The fraction of sp³-hybridized carbons (Fsp3) is 0.412. The van der Waals surface area contributed by atoms with Gasteiger partial charge in [-0.2, -0.15) is 5.26 Å². The lowest BCUT2D eigenvalue weighted by atomic mass is 9.81. The second-order valence-corrected chi connectivity index (χ2v) is 5.71. The van der Waals surface area contributed by atoms with Crippen molar-refractivity contribution >= 4 is 5.82 Å². The van der Waals surface area contributed by atoms with Crippen molar-refractivity contribution in [3.63, 3.8) is 0 Å². The zero-order valence-corrected chi connectivity index (χ0v) is 12.4. The van der Waals surface area contributed by atoms with Crippen LogP contribution in [0.25, 0.3) is 11.3 Å². The molecule has 2 heterocycles. The van der Waals surface area contributed by atoms with E-state index in [0.29, 0.717) is 17.3 Å². The molecule has 0 amide bonds. The average molecular weight is 281 g/mol. The van der Waals surface area contributed by atoms with Crippen LogP contribution >= 0.6 is 0 Å². The maximum atomic E-state index is 9.48. The maximum absolute atomic E-state index is 9.48. The number of fused-ring (bicyclic) bond motifs is 1. The fourth-order valence-electron chi connectivity index (χ4n) is 3.15. The lowest BCUT2D eigenvalue weighted by Crippen LogP contribution is -2.18. The van der Waals surface area contributed by atoms with Gasteiger partial charge in [0, 0.05) is 11.3 Å². The van der Waals surface area contributed by atoms with E-state index in [9.17, 15) is 5.26 Å². The number of anilines is 1. The Hall–Kier alpha value is -2.28. The number of nitriles is 1. The van der Waals surface area contributed by atoms with Crippen molar-refractivity contribution in [3.8, 4) is 17.4 Å². The molecule has 0 saturated heterocycles. The van der Waals surface area contributed by atoms with Crippen molar-refractivity contribution < 1.29 is 4.42 Å². The van der Waals surface area contributed by atoms with E-state index in [1.165, 1.54) is 0 Å². The van der Waals surface area contributed by atoms with Crippen LogP contribution in [0.4, 0.5) is 5.82 Å². The van der Waals surface area contributed by atoms with Gasteiger partial charge in [-0.3, -0.25) is 0 Å². The SMILES string of the molecule is CCC1CCc2nc(N)c(C#N)c(-c3ccc(C)o3)c2C1. The van der Waals surface area contributed by atoms with E-state index in [1.54, 1.807) is 0 Å². The minimum atomic E-state index is 0.315. The van der Waals surface area contributed by atoms with E-state index in [4.69, 9.17) is 10.2 Å². The third-order valence-corrected chi connectivity index (χ3v) is 4.37. The highest BCUT2D eigenvalue weighted by Gasteiger charge is 2.27. The topological polar surface area (TPSA) is 75.8 Å². The third-order valence-electron chi connectivity index (χ3n) is 4.37. The summed E-state index contributed by atoms with van der Waals surface area (Å²) in [5, 5.41) is 9.48. The first-order chi connectivity index (χ1) is 10.1. The number of nitrogens with two attached hydrogens (primary N) is 1. The summed E-state index contributed by atoms with van der Waals surface area (Å²) in [6.07, 6.45) is 4.15. The van der Waals surface area contributed by atoms with Gasteiger partial charge in [0.1, 0.15) is 29.0 Å². The Balaban J connectivity index is 2.25. The largest absolute Gasteiger partial charge is 0.461 e. The van der Waals surface area contributed by atoms with Crippen molar-refractivity contribution in [2.75, 3.05) is 5.73 Å². The zero-order valence-electron chi connectivity index (χ0n) is 12.4. The van der Waals surface area contributed by atoms with Gasteiger partial charge in [0.25, 0.3) is 0 Å². The van der Waals surface area contributed by atoms with Crippen LogP contribution in [-0.4, -0.2) is 4.98 Å². The molecule has 2 aromatic heterocycles. The molecule has 0 aromatic carbocycles. The minimum absolute atomic E-state index is 0.315. The summed E-state index contributed by atoms with van der Waals surface area (Å²) in [6, 6.07) is 6.04. The maximum Gasteiger partial charge on any atom is 0.142 e. The highest BCUT2D eigenvalue weighted by atomic mass is 16.3. The quantitative estimate of drug-likeness (QED) is 0.912. The lowest BCUT2D eigenvalue weighted by Gasteiger charge is -2.25. The lowest BCUT2D eigenvalue weighted by molar-refractivity contribution is 0.439. The molecule has 1 aliphatic carbocycles. The van der Waals surface area contributed by atoms with E-state index in [-0.39, 0.29) is 0 Å². The predicted molar refractivity (Wildman–Crippen MR) is 81.6 cm³/mol. The average Bonchev–Trinajstić information content (AvgIpc) is 2.91. The van der Waals surface area contributed by atoms with Crippen LogP contribution in [-0.2, 0) is 12.8 Å². The highest BCUT2D eigenvalue weighted by Crippen LogP contribution is 2.38. The predicted octanol–water partition coefficient (Wildman–Crippen LogP) is 3.62. The second kappa shape index (κ2) is 5.25. The number of nitrogens with zero attached hydrogens (tertiary/aromatic N) is 2. The zero-order chi connectivity index (χ0) is 15.0. The second-order valence-electron chi connectivity index (χ2n) is 5.71. The fourth-order valence-corrected chi connectivity index (χ4v) is 3.15. The molecule has 0 saturated carbocycles. The van der Waals surface area contributed by atoms with Gasteiger partial charge in [0.15, 0.2) is 0 Å². The molecule has 4 heteroatoms. The van der Waals surface area contributed by atoms with Gasteiger partial charge in [-0.1, -0.05) is 13.3 Å². The van der Waals surface area contributed by atoms with E-state index in [2.05, 4.69) is 18.0 Å². The summed E-state index contributed by atoms with van der Waals surface area (Å²) in [7, 11) is 0. The first-order valence-corrected chi connectivity index (χ1v) is 7.42. The smallest absolute Gasteiger partial charge is 0.142 e. The Kier molecular flexibility index (Phi) is 3.42. The third kappa shape index (κ3) is 2.29. The molecular formula is C17H19N3O. The molecule has 3 rings (SSSR count). The Morgan fingerprint density at radius 1 is 1.48 bits per heavy atom. The van der Waals surface area contributed by atoms with Gasteiger partial charge >= 0.3 is 0 Å². The molecule has 0 fully saturated rings. The first kappa shape index (κ1) is 13.7. The van der Waals surface area contributed by atoms with Crippen molar-refractivity contribution in [1.29, 1.82) is 5.26 Å². The molecule has 1 unspecified atom stereocenters. The summed E-state index contributed by atoms with van der Waals surface area (Å²) < 4.78 is 5.77. The monoisotopic (exact) mass is 281 g/mol. The normalized spacial score (nSPS) is 17.3. The number of aromatic nitrogens is 1. The van der Waals surface area contributed by atoms with E-state index in [1.807, 2.05) is 19.1 Å². The van der Waals surface area contributed by atoms with Gasteiger partial charge in [0.2, 0.25) is 0 Å². The van der Waals surface area contributed by atoms with Crippen molar-refractivity contribution in [2.45, 2.75) is 39.5 Å². The molecule has 1 aliphatic rings. The van der Waals surface area contributed by atoms with Crippen molar-refractivity contribution in [2.24, 2.45) is 5.92 Å². The molecular weight excluding hydrogens is 262 g/mol. The number of hydrogen-bond acceptors (Lipinski definition) is 4. The van der Waals surface area contributed by atoms with Crippen LogP contribution in [0.15, 0.2) is 16.5 Å². The number of hydrogen-bond donors (Lipinski definition) is 1. The van der Waals surface area contributed by atoms with Gasteiger partial charge in [-0.25, -0.2) is 4.98 Å². The van der Waals surface area contributed by atoms with Gasteiger partial charge in [0.05, 0.1) is 0 Å².